The Hall–Kier alpha value is -2.14. The number of carbonyl (C=O) groups excluding carboxylic acids is 2. The van der Waals surface area contributed by atoms with Crippen molar-refractivity contribution < 1.29 is 9.59 Å². The van der Waals surface area contributed by atoms with Crippen LogP contribution in [0, 0.1) is 0 Å². The van der Waals surface area contributed by atoms with Crippen molar-refractivity contribution in [3.63, 3.8) is 0 Å². The van der Waals surface area contributed by atoms with Crippen LogP contribution in [0.15, 0.2) is 41.8 Å². The molecule has 1 aromatic heterocycles. The Morgan fingerprint density at radius 1 is 1.06 bits per heavy atom. The molecule has 0 bridgehead atoms. The summed E-state index contributed by atoms with van der Waals surface area (Å²) in [6, 6.07) is 10.9. The highest BCUT2D eigenvalue weighted by Gasteiger charge is 2.13. The summed E-state index contributed by atoms with van der Waals surface area (Å²) < 4.78 is 0. The van der Waals surface area contributed by atoms with Gasteiger partial charge in [-0.05, 0) is 23.6 Å². The fourth-order valence-electron chi connectivity index (χ4n) is 1.48. The topological polar surface area (TPSA) is 58.2 Å². The summed E-state index contributed by atoms with van der Waals surface area (Å²) in [5, 5.41) is 7.18. The van der Waals surface area contributed by atoms with Gasteiger partial charge in [0, 0.05) is 12.6 Å². The number of thiophene rings is 1. The molecular weight excluding hydrogens is 248 g/mol. The Kier molecular flexibility index (Phi) is 3.74. The number of anilines is 2. The van der Waals surface area contributed by atoms with E-state index in [1.165, 1.54) is 18.3 Å². The molecule has 0 aliphatic heterocycles. The fraction of sp³-hybridized carbons (Fsp3) is 0.0769. The molecule has 1 aromatic carbocycles. The summed E-state index contributed by atoms with van der Waals surface area (Å²) in [4.78, 5) is 23.5. The number of carbonyl (C=O) groups is 2. The second kappa shape index (κ2) is 5.46. The summed E-state index contributed by atoms with van der Waals surface area (Å²) in [6.07, 6.45) is 0. The predicted octanol–water partition coefficient (Wildman–Crippen LogP) is 2.96. The van der Waals surface area contributed by atoms with Crippen molar-refractivity contribution in [3.05, 3.63) is 46.7 Å². The molecule has 0 radical (unpaired) electrons. The van der Waals surface area contributed by atoms with Gasteiger partial charge < -0.3 is 10.6 Å². The first-order valence-electron chi connectivity index (χ1n) is 5.38. The van der Waals surface area contributed by atoms with Gasteiger partial charge in [-0.15, -0.1) is 11.3 Å². The third-order valence-electron chi connectivity index (χ3n) is 2.21. The molecule has 0 unspecified atom stereocenters. The van der Waals surface area contributed by atoms with E-state index in [0.717, 1.165) is 5.69 Å². The molecule has 0 spiro atoms. The Morgan fingerprint density at radius 3 is 2.44 bits per heavy atom. The maximum absolute atomic E-state index is 12.0. The van der Waals surface area contributed by atoms with E-state index >= 15 is 0 Å². The van der Waals surface area contributed by atoms with E-state index in [9.17, 15) is 9.59 Å². The molecule has 0 saturated carbocycles. The predicted molar refractivity (Wildman–Crippen MR) is 73.0 cm³/mol. The van der Waals surface area contributed by atoms with Crippen LogP contribution in [0.4, 0.5) is 11.4 Å². The van der Waals surface area contributed by atoms with Gasteiger partial charge in [-0.3, -0.25) is 9.59 Å². The average molecular weight is 260 g/mol. The summed E-state index contributed by atoms with van der Waals surface area (Å²) in [7, 11) is 0. The summed E-state index contributed by atoms with van der Waals surface area (Å²) in [5.74, 6) is -0.415. The van der Waals surface area contributed by atoms with Gasteiger partial charge >= 0.3 is 0 Å². The van der Waals surface area contributed by atoms with Crippen molar-refractivity contribution in [1.82, 2.24) is 0 Å². The van der Waals surface area contributed by atoms with Crippen LogP contribution in [-0.4, -0.2) is 11.8 Å². The van der Waals surface area contributed by atoms with Crippen LogP contribution in [0.3, 0.4) is 0 Å². The van der Waals surface area contributed by atoms with E-state index in [-0.39, 0.29) is 11.8 Å². The normalized spacial score (nSPS) is 9.83. The second-order valence-corrected chi connectivity index (χ2v) is 4.58. The van der Waals surface area contributed by atoms with Gasteiger partial charge in [-0.1, -0.05) is 18.2 Å². The lowest BCUT2D eigenvalue weighted by Crippen LogP contribution is -2.14. The molecule has 92 valence electrons. The van der Waals surface area contributed by atoms with Gasteiger partial charge in [0.2, 0.25) is 5.91 Å². The standard InChI is InChI=1S/C13H12N2O2S/c1-9(16)14-11-7-8-18-12(11)13(17)15-10-5-3-2-4-6-10/h2-8H,1H3,(H,14,16)(H,15,17). The molecule has 0 atom stereocenters. The van der Waals surface area contributed by atoms with E-state index in [2.05, 4.69) is 10.6 Å². The number of hydrogen-bond donors (Lipinski definition) is 2. The largest absolute Gasteiger partial charge is 0.325 e. The molecule has 0 fully saturated rings. The van der Waals surface area contributed by atoms with Crippen LogP contribution in [0.5, 0.6) is 0 Å². The van der Waals surface area contributed by atoms with Crippen LogP contribution < -0.4 is 10.6 Å². The Bertz CT molecular complexity index is 563. The molecular formula is C13H12N2O2S. The number of para-hydroxylation sites is 1. The van der Waals surface area contributed by atoms with E-state index in [4.69, 9.17) is 0 Å². The van der Waals surface area contributed by atoms with Crippen LogP contribution in [-0.2, 0) is 4.79 Å². The molecule has 2 aromatic rings. The van der Waals surface area contributed by atoms with Gasteiger partial charge in [0.1, 0.15) is 4.88 Å². The second-order valence-electron chi connectivity index (χ2n) is 3.66. The van der Waals surface area contributed by atoms with Crippen LogP contribution in [0.2, 0.25) is 0 Å². The lowest BCUT2D eigenvalue weighted by Gasteiger charge is -2.06. The molecule has 4 nitrogen and oxygen atoms in total. The number of amides is 2. The molecule has 2 N–H and O–H groups in total. The highest BCUT2D eigenvalue weighted by Crippen LogP contribution is 2.23. The highest BCUT2D eigenvalue weighted by atomic mass is 32.1. The third-order valence-corrected chi connectivity index (χ3v) is 3.13. The van der Waals surface area contributed by atoms with Crippen LogP contribution >= 0.6 is 11.3 Å². The minimum absolute atomic E-state index is 0.192. The van der Waals surface area contributed by atoms with Crippen molar-refractivity contribution in [2.45, 2.75) is 6.92 Å². The van der Waals surface area contributed by atoms with E-state index in [1.807, 2.05) is 30.3 Å². The molecule has 18 heavy (non-hydrogen) atoms. The lowest BCUT2D eigenvalue weighted by atomic mass is 10.3. The van der Waals surface area contributed by atoms with E-state index < -0.39 is 0 Å². The smallest absolute Gasteiger partial charge is 0.267 e. The number of rotatable bonds is 3. The lowest BCUT2D eigenvalue weighted by molar-refractivity contribution is -0.114. The minimum Gasteiger partial charge on any atom is -0.325 e. The molecule has 0 aliphatic rings. The quantitative estimate of drug-likeness (QED) is 0.891. The molecule has 5 heteroatoms. The fourth-order valence-corrected chi connectivity index (χ4v) is 2.23. The molecule has 0 saturated heterocycles. The Balaban J connectivity index is 2.14. The number of hydrogen-bond acceptors (Lipinski definition) is 3. The Labute approximate surface area is 109 Å². The maximum atomic E-state index is 12.0. The molecule has 0 aliphatic carbocycles. The summed E-state index contributed by atoms with van der Waals surface area (Å²) in [6.45, 7) is 1.41. The molecule has 2 amide bonds. The van der Waals surface area contributed by atoms with Crippen molar-refractivity contribution in [1.29, 1.82) is 0 Å². The van der Waals surface area contributed by atoms with E-state index in [1.54, 1.807) is 11.4 Å². The molecule has 2 rings (SSSR count). The number of benzene rings is 1. The van der Waals surface area contributed by atoms with Crippen molar-refractivity contribution in [2.24, 2.45) is 0 Å². The zero-order chi connectivity index (χ0) is 13.0. The maximum Gasteiger partial charge on any atom is 0.267 e. The monoisotopic (exact) mass is 260 g/mol. The zero-order valence-corrected chi connectivity index (χ0v) is 10.6. The van der Waals surface area contributed by atoms with Crippen LogP contribution in [0.25, 0.3) is 0 Å². The summed E-state index contributed by atoms with van der Waals surface area (Å²) in [5.41, 5.74) is 1.27. The third kappa shape index (κ3) is 2.95. The van der Waals surface area contributed by atoms with Gasteiger partial charge in [-0.2, -0.15) is 0 Å². The first kappa shape index (κ1) is 12.3. The minimum atomic E-state index is -0.222. The van der Waals surface area contributed by atoms with Gasteiger partial charge in [0.25, 0.3) is 5.91 Å². The van der Waals surface area contributed by atoms with Gasteiger partial charge in [0.05, 0.1) is 5.69 Å². The zero-order valence-electron chi connectivity index (χ0n) is 9.77. The first-order chi connectivity index (χ1) is 8.66. The van der Waals surface area contributed by atoms with Gasteiger partial charge in [0.15, 0.2) is 0 Å². The van der Waals surface area contributed by atoms with Gasteiger partial charge in [-0.25, -0.2) is 0 Å². The van der Waals surface area contributed by atoms with Crippen molar-refractivity contribution >= 4 is 34.5 Å². The van der Waals surface area contributed by atoms with Crippen molar-refractivity contribution in [2.75, 3.05) is 10.6 Å². The highest BCUT2D eigenvalue weighted by molar-refractivity contribution is 7.12. The molecule has 1 heterocycles. The number of nitrogens with one attached hydrogen (secondary N) is 2. The summed E-state index contributed by atoms with van der Waals surface area (Å²) >= 11 is 1.29. The first-order valence-corrected chi connectivity index (χ1v) is 6.26. The SMILES string of the molecule is CC(=O)Nc1ccsc1C(=O)Nc1ccccc1. The van der Waals surface area contributed by atoms with Crippen molar-refractivity contribution in [3.8, 4) is 0 Å². The van der Waals surface area contributed by atoms with E-state index in [0.29, 0.717) is 10.6 Å². The van der Waals surface area contributed by atoms with Crippen LogP contribution in [0.1, 0.15) is 16.6 Å². The Morgan fingerprint density at radius 2 is 1.78 bits per heavy atom. The average Bonchev–Trinajstić information content (AvgIpc) is 2.77.